The first-order chi connectivity index (χ1) is 11.2. The van der Waals surface area contributed by atoms with Gasteiger partial charge in [0.1, 0.15) is 5.82 Å². The number of nitrogens with zero attached hydrogens (tertiary/aromatic N) is 1. The van der Waals surface area contributed by atoms with Gasteiger partial charge in [-0.1, -0.05) is 0 Å². The predicted octanol–water partition coefficient (Wildman–Crippen LogP) is 1.83. The molecular formula is C17H23N3O3. The van der Waals surface area contributed by atoms with E-state index in [4.69, 9.17) is 4.74 Å². The number of ether oxygens (including phenoxy) is 1. The Hall–Kier alpha value is -1.95. The zero-order valence-electron chi connectivity index (χ0n) is 13.2. The maximum absolute atomic E-state index is 12.2. The summed E-state index contributed by atoms with van der Waals surface area (Å²) >= 11 is 0. The van der Waals surface area contributed by atoms with Crippen molar-refractivity contribution in [3.8, 4) is 0 Å². The molecule has 2 aliphatic heterocycles. The minimum Gasteiger partial charge on any atom is -0.381 e. The molecule has 6 heteroatoms. The summed E-state index contributed by atoms with van der Waals surface area (Å²) in [5.74, 6) is 1.05. The fourth-order valence-corrected chi connectivity index (χ4v) is 3.25. The molecule has 2 unspecified atom stereocenters. The van der Waals surface area contributed by atoms with Gasteiger partial charge < -0.3 is 15.4 Å². The second-order valence-electron chi connectivity index (χ2n) is 6.35. The molecule has 3 heterocycles. The second-order valence-corrected chi connectivity index (χ2v) is 6.35. The van der Waals surface area contributed by atoms with Crippen LogP contribution in [-0.2, 0) is 14.3 Å². The SMILES string of the molecule is O=C1CC(CC(=O)Nc2cc(C3CCOC3)ccn2)CCCN1. The van der Waals surface area contributed by atoms with E-state index in [1.807, 2.05) is 12.1 Å². The Balaban J connectivity index is 1.56. The van der Waals surface area contributed by atoms with Gasteiger partial charge in [-0.2, -0.15) is 0 Å². The van der Waals surface area contributed by atoms with Crippen LogP contribution in [0.3, 0.4) is 0 Å². The first-order valence-electron chi connectivity index (χ1n) is 8.31. The van der Waals surface area contributed by atoms with Crippen LogP contribution in [0.25, 0.3) is 0 Å². The molecule has 0 aromatic carbocycles. The van der Waals surface area contributed by atoms with E-state index >= 15 is 0 Å². The van der Waals surface area contributed by atoms with Crippen LogP contribution in [0.4, 0.5) is 5.82 Å². The van der Waals surface area contributed by atoms with Crippen LogP contribution in [0.5, 0.6) is 0 Å². The number of nitrogens with one attached hydrogen (secondary N) is 2. The minimum atomic E-state index is -0.0722. The van der Waals surface area contributed by atoms with Gasteiger partial charge in [0.25, 0.3) is 0 Å². The lowest BCUT2D eigenvalue weighted by atomic mass is 9.96. The van der Waals surface area contributed by atoms with Gasteiger partial charge in [-0.05, 0) is 42.9 Å². The highest BCUT2D eigenvalue weighted by Gasteiger charge is 2.21. The summed E-state index contributed by atoms with van der Waals surface area (Å²) in [6.07, 6.45) is 5.36. The monoisotopic (exact) mass is 317 g/mol. The number of hydrogen-bond acceptors (Lipinski definition) is 4. The van der Waals surface area contributed by atoms with E-state index in [-0.39, 0.29) is 17.7 Å². The van der Waals surface area contributed by atoms with Crippen molar-refractivity contribution in [1.29, 1.82) is 0 Å². The van der Waals surface area contributed by atoms with Crippen molar-refractivity contribution in [2.75, 3.05) is 25.1 Å². The number of anilines is 1. The Bertz CT molecular complexity index is 570. The molecule has 0 radical (unpaired) electrons. The molecule has 2 saturated heterocycles. The van der Waals surface area contributed by atoms with E-state index in [9.17, 15) is 9.59 Å². The average Bonchev–Trinajstić information content (AvgIpc) is 2.98. The van der Waals surface area contributed by atoms with Crippen LogP contribution in [0.1, 0.15) is 43.6 Å². The quantitative estimate of drug-likeness (QED) is 0.888. The van der Waals surface area contributed by atoms with Crippen molar-refractivity contribution < 1.29 is 14.3 Å². The smallest absolute Gasteiger partial charge is 0.225 e. The molecule has 1 aromatic heterocycles. The summed E-state index contributed by atoms with van der Waals surface area (Å²) in [5, 5.41) is 5.71. The molecule has 0 saturated carbocycles. The number of amides is 2. The third-order valence-electron chi connectivity index (χ3n) is 4.51. The van der Waals surface area contributed by atoms with Gasteiger partial charge in [-0.3, -0.25) is 9.59 Å². The van der Waals surface area contributed by atoms with E-state index < -0.39 is 0 Å². The molecule has 1 aromatic rings. The highest BCUT2D eigenvalue weighted by Crippen LogP contribution is 2.26. The van der Waals surface area contributed by atoms with Crippen LogP contribution in [-0.4, -0.2) is 36.6 Å². The summed E-state index contributed by atoms with van der Waals surface area (Å²) in [5.41, 5.74) is 1.15. The molecule has 6 nitrogen and oxygen atoms in total. The summed E-state index contributed by atoms with van der Waals surface area (Å²) < 4.78 is 5.41. The fourth-order valence-electron chi connectivity index (χ4n) is 3.25. The lowest BCUT2D eigenvalue weighted by Gasteiger charge is -2.13. The molecule has 2 atom stereocenters. The Morgan fingerprint density at radius 3 is 3.17 bits per heavy atom. The standard InChI is InChI=1S/C17H23N3O3/c21-16-8-12(2-1-5-19-16)9-17(22)20-15-10-13(3-6-18-15)14-4-7-23-11-14/h3,6,10,12,14H,1-2,4-5,7-9,11H2,(H,19,21)(H,18,20,22). The number of rotatable bonds is 4. The maximum atomic E-state index is 12.2. The van der Waals surface area contributed by atoms with Crippen LogP contribution in [0.2, 0.25) is 0 Å². The number of hydrogen-bond donors (Lipinski definition) is 2. The molecule has 0 spiro atoms. The zero-order chi connectivity index (χ0) is 16.1. The maximum Gasteiger partial charge on any atom is 0.225 e. The van der Waals surface area contributed by atoms with E-state index in [0.717, 1.165) is 38.0 Å². The van der Waals surface area contributed by atoms with E-state index in [1.54, 1.807) is 6.20 Å². The van der Waals surface area contributed by atoms with Gasteiger partial charge >= 0.3 is 0 Å². The van der Waals surface area contributed by atoms with Crippen LogP contribution < -0.4 is 10.6 Å². The van der Waals surface area contributed by atoms with Crippen molar-refractivity contribution >= 4 is 17.6 Å². The predicted molar refractivity (Wildman–Crippen MR) is 86.0 cm³/mol. The lowest BCUT2D eigenvalue weighted by Crippen LogP contribution is -2.24. The van der Waals surface area contributed by atoms with Crippen molar-refractivity contribution in [1.82, 2.24) is 10.3 Å². The third-order valence-corrected chi connectivity index (χ3v) is 4.51. The second kappa shape index (κ2) is 7.55. The Labute approximate surface area is 136 Å². The molecule has 2 aliphatic rings. The summed E-state index contributed by atoms with van der Waals surface area (Å²) in [4.78, 5) is 28.0. The number of carbonyl (C=O) groups is 2. The van der Waals surface area contributed by atoms with Crippen molar-refractivity contribution in [2.45, 2.75) is 38.0 Å². The van der Waals surface area contributed by atoms with Gasteiger partial charge in [0, 0.05) is 38.1 Å². The highest BCUT2D eigenvalue weighted by atomic mass is 16.5. The highest BCUT2D eigenvalue weighted by molar-refractivity contribution is 5.90. The van der Waals surface area contributed by atoms with Crippen molar-refractivity contribution in [3.05, 3.63) is 23.9 Å². The van der Waals surface area contributed by atoms with Crippen LogP contribution in [0.15, 0.2) is 18.3 Å². The molecule has 124 valence electrons. The Kier molecular flexibility index (Phi) is 5.23. The zero-order valence-corrected chi connectivity index (χ0v) is 13.2. The van der Waals surface area contributed by atoms with Gasteiger partial charge in [0.15, 0.2) is 0 Å². The number of aromatic nitrogens is 1. The van der Waals surface area contributed by atoms with E-state index in [2.05, 4.69) is 15.6 Å². The van der Waals surface area contributed by atoms with E-state index in [0.29, 0.717) is 31.1 Å². The molecule has 0 bridgehead atoms. The van der Waals surface area contributed by atoms with Crippen LogP contribution >= 0.6 is 0 Å². The number of pyridine rings is 1. The molecule has 0 aliphatic carbocycles. The normalized spacial score (nSPS) is 24.8. The Morgan fingerprint density at radius 2 is 2.35 bits per heavy atom. The van der Waals surface area contributed by atoms with Gasteiger partial charge in [0.05, 0.1) is 6.61 Å². The van der Waals surface area contributed by atoms with Crippen molar-refractivity contribution in [2.24, 2.45) is 5.92 Å². The first kappa shape index (κ1) is 15.9. The van der Waals surface area contributed by atoms with E-state index in [1.165, 1.54) is 0 Å². The summed E-state index contributed by atoms with van der Waals surface area (Å²) in [6, 6.07) is 3.90. The molecular weight excluding hydrogens is 294 g/mol. The molecule has 2 fully saturated rings. The average molecular weight is 317 g/mol. The number of carbonyl (C=O) groups excluding carboxylic acids is 2. The minimum absolute atomic E-state index is 0.0432. The Morgan fingerprint density at radius 1 is 1.43 bits per heavy atom. The van der Waals surface area contributed by atoms with Gasteiger partial charge in [-0.15, -0.1) is 0 Å². The third kappa shape index (κ3) is 4.51. The van der Waals surface area contributed by atoms with Gasteiger partial charge in [-0.25, -0.2) is 4.98 Å². The molecule has 2 amide bonds. The lowest BCUT2D eigenvalue weighted by molar-refractivity contribution is -0.122. The molecule has 3 rings (SSSR count). The fraction of sp³-hybridized carbons (Fsp3) is 0.588. The first-order valence-corrected chi connectivity index (χ1v) is 8.31. The topological polar surface area (TPSA) is 80.3 Å². The summed E-state index contributed by atoms with van der Waals surface area (Å²) in [6.45, 7) is 2.23. The molecule has 23 heavy (non-hydrogen) atoms. The van der Waals surface area contributed by atoms with Gasteiger partial charge in [0.2, 0.25) is 11.8 Å². The molecule has 2 N–H and O–H groups in total. The summed E-state index contributed by atoms with van der Waals surface area (Å²) in [7, 11) is 0. The van der Waals surface area contributed by atoms with Crippen LogP contribution in [0, 0.1) is 5.92 Å². The van der Waals surface area contributed by atoms with Crippen molar-refractivity contribution in [3.63, 3.8) is 0 Å². The largest absolute Gasteiger partial charge is 0.381 e.